The number of nitrogens with zero attached hydrogens (tertiary/aromatic N) is 1. The van der Waals surface area contributed by atoms with Crippen molar-refractivity contribution in [2.45, 2.75) is 37.5 Å². The zero-order valence-corrected chi connectivity index (χ0v) is 12.6. The van der Waals surface area contributed by atoms with Crippen LogP contribution in [0.3, 0.4) is 0 Å². The number of anilines is 2. The number of rotatable bonds is 4. The van der Waals surface area contributed by atoms with Crippen LogP contribution in [0.25, 0.3) is 10.9 Å². The van der Waals surface area contributed by atoms with Gasteiger partial charge in [0.05, 0.1) is 16.9 Å². The highest BCUT2D eigenvalue weighted by Crippen LogP contribution is 2.35. The van der Waals surface area contributed by atoms with Crippen LogP contribution >= 0.6 is 11.8 Å². The van der Waals surface area contributed by atoms with Crippen LogP contribution in [0, 0.1) is 0 Å². The van der Waals surface area contributed by atoms with Crippen LogP contribution in [0.2, 0.25) is 0 Å². The third-order valence-electron chi connectivity index (χ3n) is 4.00. The highest BCUT2D eigenvalue weighted by molar-refractivity contribution is 7.99. The minimum atomic E-state index is 0.538. The molecule has 20 heavy (non-hydrogen) atoms. The summed E-state index contributed by atoms with van der Waals surface area (Å²) in [7, 11) is 0. The number of hydrogen-bond acceptors (Lipinski definition) is 4. The summed E-state index contributed by atoms with van der Waals surface area (Å²) >= 11 is 2.06. The van der Waals surface area contributed by atoms with Crippen molar-refractivity contribution >= 4 is 34.0 Å². The van der Waals surface area contributed by atoms with E-state index >= 15 is 0 Å². The van der Waals surface area contributed by atoms with Gasteiger partial charge in [0.2, 0.25) is 0 Å². The smallest absolute Gasteiger partial charge is 0.0724 e. The molecule has 1 aliphatic rings. The largest absolute Gasteiger partial charge is 0.397 e. The Morgan fingerprint density at radius 3 is 3.10 bits per heavy atom. The van der Waals surface area contributed by atoms with Gasteiger partial charge in [-0.2, -0.15) is 11.8 Å². The highest BCUT2D eigenvalue weighted by atomic mass is 32.2. The van der Waals surface area contributed by atoms with Gasteiger partial charge < -0.3 is 11.1 Å². The Kier molecular flexibility index (Phi) is 4.01. The van der Waals surface area contributed by atoms with Gasteiger partial charge in [-0.15, -0.1) is 0 Å². The average Bonchev–Trinajstić information content (AvgIpc) is 2.90. The number of nitrogens with one attached hydrogen (secondary N) is 1. The highest BCUT2D eigenvalue weighted by Gasteiger charge is 2.27. The van der Waals surface area contributed by atoms with E-state index in [2.05, 4.69) is 35.1 Å². The van der Waals surface area contributed by atoms with Gasteiger partial charge in [0.25, 0.3) is 0 Å². The summed E-state index contributed by atoms with van der Waals surface area (Å²) < 4.78 is 0. The molecular formula is C16H21N3S. The normalized spacial score (nSPS) is 22.2. The average molecular weight is 287 g/mol. The van der Waals surface area contributed by atoms with Gasteiger partial charge in [0.15, 0.2) is 0 Å². The van der Waals surface area contributed by atoms with Crippen LogP contribution in [-0.2, 0) is 0 Å². The standard InChI is InChI=1S/C16H21N3S/c1-2-20-15-7-3-6-13(15)19-14-9-8-12-11(16(14)17)5-4-10-18-12/h4-5,8-10,13,15,19H,2-3,6-7,17H2,1H3. The third-order valence-corrected chi connectivity index (χ3v) is 5.33. The van der Waals surface area contributed by atoms with Crippen molar-refractivity contribution in [3.8, 4) is 0 Å². The summed E-state index contributed by atoms with van der Waals surface area (Å²) in [5.74, 6) is 1.18. The number of nitrogens with two attached hydrogens (primary N) is 1. The predicted octanol–water partition coefficient (Wildman–Crippen LogP) is 3.90. The molecule has 0 radical (unpaired) electrons. The zero-order valence-electron chi connectivity index (χ0n) is 11.8. The van der Waals surface area contributed by atoms with Crippen molar-refractivity contribution in [1.29, 1.82) is 0 Å². The van der Waals surface area contributed by atoms with E-state index in [9.17, 15) is 0 Å². The van der Waals surface area contributed by atoms with Crippen LogP contribution in [0.5, 0.6) is 0 Å². The molecule has 1 heterocycles. The molecule has 0 aliphatic heterocycles. The third kappa shape index (κ3) is 2.57. The summed E-state index contributed by atoms with van der Waals surface area (Å²) in [6, 6.07) is 8.63. The Labute approximate surface area is 124 Å². The van der Waals surface area contributed by atoms with E-state index < -0.39 is 0 Å². The zero-order chi connectivity index (χ0) is 13.9. The van der Waals surface area contributed by atoms with E-state index in [1.807, 2.05) is 18.2 Å². The Hall–Kier alpha value is -1.42. The second kappa shape index (κ2) is 5.92. The van der Waals surface area contributed by atoms with Crippen molar-refractivity contribution in [3.05, 3.63) is 30.5 Å². The fourth-order valence-corrected chi connectivity index (χ4v) is 4.20. The van der Waals surface area contributed by atoms with Crippen LogP contribution in [0.15, 0.2) is 30.5 Å². The number of aromatic nitrogens is 1. The molecule has 0 bridgehead atoms. The number of nitrogen functional groups attached to an aromatic ring is 1. The first kappa shape index (κ1) is 13.6. The van der Waals surface area contributed by atoms with Crippen molar-refractivity contribution in [1.82, 2.24) is 4.98 Å². The van der Waals surface area contributed by atoms with E-state index in [-0.39, 0.29) is 0 Å². The van der Waals surface area contributed by atoms with Gasteiger partial charge >= 0.3 is 0 Å². The maximum Gasteiger partial charge on any atom is 0.0724 e. The maximum atomic E-state index is 6.31. The molecule has 3 N–H and O–H groups in total. The lowest BCUT2D eigenvalue weighted by atomic mass is 10.1. The second-order valence-electron chi connectivity index (χ2n) is 5.27. The number of benzene rings is 1. The van der Waals surface area contributed by atoms with Crippen molar-refractivity contribution in [2.24, 2.45) is 0 Å². The molecule has 0 saturated heterocycles. The van der Waals surface area contributed by atoms with Gasteiger partial charge in [-0.1, -0.05) is 13.3 Å². The first-order chi connectivity index (χ1) is 9.79. The van der Waals surface area contributed by atoms with Crippen molar-refractivity contribution in [2.75, 3.05) is 16.8 Å². The molecule has 3 rings (SSSR count). The van der Waals surface area contributed by atoms with Crippen LogP contribution in [0.1, 0.15) is 26.2 Å². The molecular weight excluding hydrogens is 266 g/mol. The number of hydrogen-bond donors (Lipinski definition) is 2. The van der Waals surface area contributed by atoms with Gasteiger partial charge in [-0.25, -0.2) is 0 Å². The molecule has 2 aromatic rings. The summed E-state index contributed by atoms with van der Waals surface area (Å²) in [5.41, 5.74) is 9.14. The summed E-state index contributed by atoms with van der Waals surface area (Å²) in [6.07, 6.45) is 5.66. The number of fused-ring (bicyclic) bond motifs is 1. The number of thioether (sulfide) groups is 1. The predicted molar refractivity (Wildman–Crippen MR) is 89.3 cm³/mol. The Morgan fingerprint density at radius 2 is 2.25 bits per heavy atom. The van der Waals surface area contributed by atoms with E-state index in [4.69, 9.17) is 5.73 Å². The maximum absolute atomic E-state index is 6.31. The SMILES string of the molecule is CCSC1CCCC1Nc1ccc2ncccc2c1N. The minimum absolute atomic E-state index is 0.538. The first-order valence-electron chi connectivity index (χ1n) is 7.31. The van der Waals surface area contributed by atoms with Gasteiger partial charge in [0.1, 0.15) is 0 Å². The fraction of sp³-hybridized carbons (Fsp3) is 0.438. The second-order valence-corrected chi connectivity index (χ2v) is 6.79. The molecule has 3 nitrogen and oxygen atoms in total. The summed E-state index contributed by atoms with van der Waals surface area (Å²) in [4.78, 5) is 4.35. The lowest BCUT2D eigenvalue weighted by molar-refractivity contribution is 0.768. The molecule has 0 amide bonds. The fourth-order valence-electron chi connectivity index (χ4n) is 3.01. The molecule has 2 unspecified atom stereocenters. The molecule has 2 atom stereocenters. The van der Waals surface area contributed by atoms with Crippen LogP contribution in [-0.4, -0.2) is 22.0 Å². The van der Waals surface area contributed by atoms with Gasteiger partial charge in [0, 0.05) is 22.9 Å². The van der Waals surface area contributed by atoms with E-state index in [1.54, 1.807) is 6.20 Å². The Morgan fingerprint density at radius 1 is 1.35 bits per heavy atom. The summed E-state index contributed by atoms with van der Waals surface area (Å²) in [6.45, 7) is 2.23. The molecule has 1 saturated carbocycles. The molecule has 106 valence electrons. The Balaban J connectivity index is 1.85. The molecule has 1 aromatic carbocycles. The van der Waals surface area contributed by atoms with Gasteiger partial charge in [-0.05, 0) is 42.9 Å². The molecule has 1 aliphatic carbocycles. The number of pyridine rings is 1. The van der Waals surface area contributed by atoms with Crippen LogP contribution in [0.4, 0.5) is 11.4 Å². The topological polar surface area (TPSA) is 50.9 Å². The molecule has 0 spiro atoms. The molecule has 4 heteroatoms. The minimum Gasteiger partial charge on any atom is -0.397 e. The lowest BCUT2D eigenvalue weighted by Crippen LogP contribution is -2.26. The van der Waals surface area contributed by atoms with E-state index in [1.165, 1.54) is 25.0 Å². The van der Waals surface area contributed by atoms with Crippen LogP contribution < -0.4 is 11.1 Å². The monoisotopic (exact) mass is 287 g/mol. The van der Waals surface area contributed by atoms with Crippen molar-refractivity contribution in [3.63, 3.8) is 0 Å². The van der Waals surface area contributed by atoms with Crippen molar-refractivity contribution < 1.29 is 0 Å². The van der Waals surface area contributed by atoms with Gasteiger partial charge in [-0.3, -0.25) is 4.98 Å². The quantitative estimate of drug-likeness (QED) is 0.837. The molecule has 1 aromatic heterocycles. The first-order valence-corrected chi connectivity index (χ1v) is 8.36. The van der Waals surface area contributed by atoms with E-state index in [0.717, 1.165) is 22.3 Å². The van der Waals surface area contributed by atoms with E-state index in [0.29, 0.717) is 11.3 Å². The molecule has 1 fully saturated rings. The lowest BCUT2D eigenvalue weighted by Gasteiger charge is -2.22. The summed E-state index contributed by atoms with van der Waals surface area (Å²) in [5, 5.41) is 5.41. The Bertz CT molecular complexity index is 599.